The molecule has 0 radical (unpaired) electrons. The highest BCUT2D eigenvalue weighted by Crippen LogP contribution is 2.32. The Kier molecular flexibility index (Phi) is 2.97. The minimum atomic E-state index is 0.727. The molecule has 0 spiro atoms. The van der Waals surface area contributed by atoms with Crippen LogP contribution in [-0.4, -0.2) is 6.61 Å². The zero-order chi connectivity index (χ0) is 10.1. The van der Waals surface area contributed by atoms with Gasteiger partial charge in [-0.3, -0.25) is 0 Å². The van der Waals surface area contributed by atoms with Crippen LogP contribution in [0.5, 0.6) is 5.75 Å². The molecule has 0 saturated carbocycles. The summed E-state index contributed by atoms with van der Waals surface area (Å²) in [5, 5.41) is 1.29. The lowest BCUT2D eigenvalue weighted by molar-refractivity contribution is 0.340. The first-order valence-electron chi connectivity index (χ1n) is 4.53. The Balaban J connectivity index is 2.59. The predicted molar refractivity (Wildman–Crippen MR) is 70.4 cm³/mol. The van der Waals surface area contributed by atoms with Crippen molar-refractivity contribution in [3.05, 3.63) is 26.6 Å². The second kappa shape index (κ2) is 4.06. The Hall–Kier alpha value is -0.290. The summed E-state index contributed by atoms with van der Waals surface area (Å²) in [6.45, 7) is 4.88. The molecule has 1 aromatic heterocycles. The van der Waals surface area contributed by atoms with Gasteiger partial charge in [0, 0.05) is 13.1 Å². The molecule has 0 fully saturated rings. The largest absolute Gasteiger partial charge is 0.494 e. The molecule has 74 valence electrons. The first-order valence-corrected chi connectivity index (χ1v) is 6.42. The van der Waals surface area contributed by atoms with E-state index in [0.29, 0.717) is 0 Å². The van der Waals surface area contributed by atoms with Crippen LogP contribution in [0.2, 0.25) is 0 Å². The van der Waals surface area contributed by atoms with Crippen molar-refractivity contribution < 1.29 is 4.74 Å². The monoisotopic (exact) mass is 318 g/mol. The molecule has 3 heteroatoms. The predicted octanol–water partition coefficient (Wildman–Crippen LogP) is 4.21. The molecule has 1 nitrogen and oxygen atoms in total. The number of hydrogen-bond donors (Lipinski definition) is 0. The van der Waals surface area contributed by atoms with Gasteiger partial charge in [-0.15, -0.1) is 11.3 Å². The van der Waals surface area contributed by atoms with Gasteiger partial charge in [-0.1, -0.05) is 0 Å². The van der Waals surface area contributed by atoms with Crippen LogP contribution in [0.3, 0.4) is 0 Å². The van der Waals surface area contributed by atoms with E-state index in [-0.39, 0.29) is 0 Å². The molecule has 2 rings (SSSR count). The van der Waals surface area contributed by atoms with Gasteiger partial charge in [0.05, 0.1) is 6.61 Å². The highest BCUT2D eigenvalue weighted by atomic mass is 127. The van der Waals surface area contributed by atoms with Crippen LogP contribution in [0.1, 0.15) is 11.8 Å². The first-order chi connectivity index (χ1) is 6.70. The summed E-state index contributed by atoms with van der Waals surface area (Å²) in [6, 6.07) is 6.43. The van der Waals surface area contributed by atoms with Gasteiger partial charge in [-0.25, -0.2) is 0 Å². The number of thiophene rings is 1. The van der Waals surface area contributed by atoms with Crippen molar-refractivity contribution in [1.82, 2.24) is 0 Å². The summed E-state index contributed by atoms with van der Waals surface area (Å²) in [6.07, 6.45) is 0. The molecule has 14 heavy (non-hydrogen) atoms. The van der Waals surface area contributed by atoms with Crippen molar-refractivity contribution in [2.75, 3.05) is 6.61 Å². The maximum absolute atomic E-state index is 5.50. The molecule has 0 saturated heterocycles. The number of benzene rings is 1. The third-order valence-corrected chi connectivity index (χ3v) is 4.30. The molecule has 0 N–H and O–H groups in total. The van der Waals surface area contributed by atoms with E-state index in [2.05, 4.69) is 47.7 Å². The third kappa shape index (κ3) is 1.88. The molecule has 0 aliphatic rings. The summed E-state index contributed by atoms with van der Waals surface area (Å²) in [7, 11) is 0. The number of ether oxygens (including phenoxy) is 1. The highest BCUT2D eigenvalue weighted by molar-refractivity contribution is 14.1. The minimum Gasteiger partial charge on any atom is -0.494 e. The average molecular weight is 318 g/mol. The zero-order valence-corrected chi connectivity index (χ0v) is 11.1. The highest BCUT2D eigenvalue weighted by Gasteiger charge is 2.05. The Morgan fingerprint density at radius 2 is 2.14 bits per heavy atom. The summed E-state index contributed by atoms with van der Waals surface area (Å²) in [5.41, 5.74) is 0. The Labute approximate surface area is 101 Å². The topological polar surface area (TPSA) is 9.23 Å². The fraction of sp³-hybridized carbons (Fsp3) is 0.273. The fourth-order valence-electron chi connectivity index (χ4n) is 1.46. The number of aryl methyl sites for hydroxylation is 1. The summed E-state index contributed by atoms with van der Waals surface area (Å²) >= 11 is 4.21. The number of hydrogen-bond acceptors (Lipinski definition) is 2. The third-order valence-electron chi connectivity index (χ3n) is 1.98. The van der Waals surface area contributed by atoms with Gasteiger partial charge in [-0.2, -0.15) is 0 Å². The lowest BCUT2D eigenvalue weighted by Gasteiger charge is -2.03. The second-order valence-electron chi connectivity index (χ2n) is 3.11. The van der Waals surface area contributed by atoms with Gasteiger partial charge < -0.3 is 4.74 Å². The van der Waals surface area contributed by atoms with Crippen LogP contribution in [0.4, 0.5) is 0 Å². The average Bonchev–Trinajstić information content (AvgIpc) is 2.47. The maximum atomic E-state index is 5.50. The maximum Gasteiger partial charge on any atom is 0.121 e. The van der Waals surface area contributed by atoms with E-state index in [0.717, 1.165) is 12.4 Å². The van der Waals surface area contributed by atoms with Crippen LogP contribution in [0, 0.1) is 10.5 Å². The van der Waals surface area contributed by atoms with Gasteiger partial charge in [-0.05, 0) is 60.0 Å². The zero-order valence-electron chi connectivity index (χ0n) is 8.13. The molecular weight excluding hydrogens is 307 g/mol. The van der Waals surface area contributed by atoms with E-state index in [1.54, 1.807) is 0 Å². The summed E-state index contributed by atoms with van der Waals surface area (Å²) in [4.78, 5) is 1.35. The molecule has 1 aromatic carbocycles. The van der Waals surface area contributed by atoms with Gasteiger partial charge >= 0.3 is 0 Å². The van der Waals surface area contributed by atoms with Crippen LogP contribution in [0.15, 0.2) is 18.2 Å². The minimum absolute atomic E-state index is 0.727. The molecule has 0 bridgehead atoms. The molecule has 2 aromatic rings. The fourth-order valence-corrected chi connectivity index (χ4v) is 3.31. The molecule has 1 heterocycles. The lowest BCUT2D eigenvalue weighted by atomic mass is 10.2. The molecule has 0 aliphatic carbocycles. The SMILES string of the molecule is CCOc1cc(I)c2sc(C)cc2c1. The lowest BCUT2D eigenvalue weighted by Crippen LogP contribution is -1.91. The van der Waals surface area contributed by atoms with Gasteiger partial charge in [0.2, 0.25) is 0 Å². The van der Waals surface area contributed by atoms with Crippen molar-refractivity contribution >= 4 is 44.0 Å². The number of rotatable bonds is 2. The smallest absolute Gasteiger partial charge is 0.121 e. The van der Waals surface area contributed by atoms with Crippen LogP contribution >= 0.6 is 33.9 Å². The van der Waals surface area contributed by atoms with E-state index in [4.69, 9.17) is 4.74 Å². The number of halogens is 1. The molecule has 0 aliphatic heterocycles. The molecular formula is C11H11IOS. The molecule has 0 atom stereocenters. The van der Waals surface area contributed by atoms with Crippen molar-refractivity contribution in [2.24, 2.45) is 0 Å². The molecule has 0 unspecified atom stereocenters. The Morgan fingerprint density at radius 3 is 2.86 bits per heavy atom. The summed E-state index contributed by atoms with van der Waals surface area (Å²) in [5.74, 6) is 0.974. The van der Waals surface area contributed by atoms with Crippen molar-refractivity contribution in [3.8, 4) is 5.75 Å². The van der Waals surface area contributed by atoms with Crippen LogP contribution < -0.4 is 4.74 Å². The molecule has 0 amide bonds. The van der Waals surface area contributed by atoms with Gasteiger partial charge in [0.25, 0.3) is 0 Å². The van der Waals surface area contributed by atoms with Crippen LogP contribution in [0.25, 0.3) is 10.1 Å². The van der Waals surface area contributed by atoms with Gasteiger partial charge in [0.15, 0.2) is 0 Å². The quantitative estimate of drug-likeness (QED) is 0.754. The van der Waals surface area contributed by atoms with Crippen molar-refractivity contribution in [2.45, 2.75) is 13.8 Å². The van der Waals surface area contributed by atoms with E-state index in [1.165, 1.54) is 18.5 Å². The number of fused-ring (bicyclic) bond motifs is 1. The van der Waals surface area contributed by atoms with Crippen molar-refractivity contribution in [3.63, 3.8) is 0 Å². The summed E-state index contributed by atoms with van der Waals surface area (Å²) < 4.78 is 8.15. The van der Waals surface area contributed by atoms with E-state index >= 15 is 0 Å². The van der Waals surface area contributed by atoms with Crippen molar-refractivity contribution in [1.29, 1.82) is 0 Å². The Bertz CT molecular complexity index is 462. The van der Waals surface area contributed by atoms with E-state index in [1.807, 2.05) is 18.3 Å². The Morgan fingerprint density at radius 1 is 1.36 bits per heavy atom. The van der Waals surface area contributed by atoms with E-state index < -0.39 is 0 Å². The first kappa shape index (κ1) is 10.2. The standard InChI is InChI=1S/C11H11IOS/c1-3-13-9-5-8-4-7(2)14-11(8)10(12)6-9/h4-6H,3H2,1-2H3. The van der Waals surface area contributed by atoms with Gasteiger partial charge in [0.1, 0.15) is 5.75 Å². The van der Waals surface area contributed by atoms with E-state index in [9.17, 15) is 0 Å². The second-order valence-corrected chi connectivity index (χ2v) is 5.53. The normalized spacial score (nSPS) is 10.8. The van der Waals surface area contributed by atoms with Crippen LogP contribution in [-0.2, 0) is 0 Å².